The second-order valence-corrected chi connectivity index (χ2v) is 8.93. The van der Waals surface area contributed by atoms with Crippen LogP contribution in [-0.4, -0.2) is 30.0 Å². The lowest BCUT2D eigenvalue weighted by atomic mass is 10.1. The van der Waals surface area contributed by atoms with E-state index in [0.29, 0.717) is 20.9 Å². The molecule has 1 heterocycles. The van der Waals surface area contributed by atoms with E-state index in [4.69, 9.17) is 16.3 Å². The normalized spacial score (nSPS) is 14.2. The maximum Gasteiger partial charge on any atom is 0.338 e. The molecule has 0 radical (unpaired) electrons. The van der Waals surface area contributed by atoms with Crippen LogP contribution in [0.4, 0.5) is 5.69 Å². The number of anilines is 1. The number of esters is 1. The zero-order valence-electron chi connectivity index (χ0n) is 14.2. The first-order valence-corrected chi connectivity index (χ1v) is 10.6. The van der Waals surface area contributed by atoms with Crippen LogP contribution in [0.1, 0.15) is 26.1 Å². The smallest absolute Gasteiger partial charge is 0.338 e. The molecular weight excluding hydrogens is 390 g/mol. The van der Waals surface area contributed by atoms with Crippen molar-refractivity contribution < 1.29 is 14.3 Å². The van der Waals surface area contributed by atoms with E-state index in [0.717, 1.165) is 17.1 Å². The maximum absolute atomic E-state index is 12.1. The van der Waals surface area contributed by atoms with Gasteiger partial charge in [0.1, 0.15) is 0 Å². The van der Waals surface area contributed by atoms with Gasteiger partial charge in [0, 0.05) is 11.5 Å². The summed E-state index contributed by atoms with van der Waals surface area (Å²) in [5.74, 6) is 1.35. The zero-order chi connectivity index (χ0) is 18.5. The second-order valence-electron chi connectivity index (χ2n) is 5.80. The van der Waals surface area contributed by atoms with Crippen LogP contribution >= 0.6 is 35.1 Å². The molecule has 7 heteroatoms. The Morgan fingerprint density at radius 1 is 1.15 bits per heavy atom. The topological polar surface area (TPSA) is 55.4 Å². The number of thioether (sulfide) groups is 2. The van der Waals surface area contributed by atoms with Crippen LogP contribution in [0.3, 0.4) is 0 Å². The minimum Gasteiger partial charge on any atom is -0.452 e. The van der Waals surface area contributed by atoms with Crippen LogP contribution in [-0.2, 0) is 9.53 Å². The lowest BCUT2D eigenvalue weighted by Crippen LogP contribution is -2.21. The molecule has 0 bridgehead atoms. The standard InChI is InChI=1S/C19H18ClNO3S2/c1-12-2-7-16(15(20)10-12)21-17(22)11-24-18(23)13-3-5-14(6-4-13)19-25-8-9-26-19/h2-7,10,19H,8-9,11H2,1H3,(H,21,22). The molecule has 136 valence electrons. The molecule has 4 nitrogen and oxygen atoms in total. The van der Waals surface area contributed by atoms with Gasteiger partial charge >= 0.3 is 5.97 Å². The predicted octanol–water partition coefficient (Wildman–Crippen LogP) is 4.92. The number of rotatable bonds is 5. The third-order valence-electron chi connectivity index (χ3n) is 3.77. The summed E-state index contributed by atoms with van der Waals surface area (Å²) < 4.78 is 5.52. The van der Waals surface area contributed by atoms with Crippen LogP contribution in [0.2, 0.25) is 5.02 Å². The van der Waals surface area contributed by atoms with Gasteiger partial charge in [-0.25, -0.2) is 4.79 Å². The van der Waals surface area contributed by atoms with Crippen LogP contribution in [0.25, 0.3) is 0 Å². The Labute approximate surface area is 166 Å². The van der Waals surface area contributed by atoms with Crippen molar-refractivity contribution in [3.63, 3.8) is 0 Å². The number of ether oxygens (including phenoxy) is 1. The largest absolute Gasteiger partial charge is 0.452 e. The van der Waals surface area contributed by atoms with E-state index in [2.05, 4.69) is 5.32 Å². The van der Waals surface area contributed by atoms with Crippen molar-refractivity contribution >= 4 is 52.7 Å². The summed E-state index contributed by atoms with van der Waals surface area (Å²) in [6.07, 6.45) is 0. The van der Waals surface area contributed by atoms with Crippen molar-refractivity contribution in [1.82, 2.24) is 0 Å². The molecule has 1 aliphatic rings. The molecule has 3 rings (SSSR count). The van der Waals surface area contributed by atoms with Gasteiger partial charge in [-0.15, -0.1) is 23.5 Å². The Bertz CT molecular complexity index is 805. The Morgan fingerprint density at radius 3 is 2.50 bits per heavy atom. The average molecular weight is 408 g/mol. The summed E-state index contributed by atoms with van der Waals surface area (Å²) >= 11 is 9.89. The molecular formula is C19H18ClNO3S2. The highest BCUT2D eigenvalue weighted by molar-refractivity contribution is 8.19. The minimum absolute atomic E-state index is 0.362. The van der Waals surface area contributed by atoms with Crippen LogP contribution in [0.5, 0.6) is 0 Å². The van der Waals surface area contributed by atoms with Gasteiger partial charge in [-0.1, -0.05) is 29.8 Å². The molecule has 0 unspecified atom stereocenters. The fourth-order valence-electron chi connectivity index (χ4n) is 2.45. The molecule has 0 spiro atoms. The molecule has 1 amide bonds. The summed E-state index contributed by atoms with van der Waals surface area (Å²) in [6.45, 7) is 1.55. The minimum atomic E-state index is -0.520. The van der Waals surface area contributed by atoms with Crippen molar-refractivity contribution in [3.05, 3.63) is 64.2 Å². The van der Waals surface area contributed by atoms with Crippen LogP contribution in [0, 0.1) is 6.92 Å². The van der Waals surface area contributed by atoms with E-state index in [9.17, 15) is 9.59 Å². The highest BCUT2D eigenvalue weighted by Gasteiger charge is 2.19. The molecule has 26 heavy (non-hydrogen) atoms. The van der Waals surface area contributed by atoms with Crippen molar-refractivity contribution in [2.75, 3.05) is 23.4 Å². The van der Waals surface area contributed by atoms with Gasteiger partial charge in [0.05, 0.1) is 20.9 Å². The Balaban J connectivity index is 1.52. The van der Waals surface area contributed by atoms with Crippen molar-refractivity contribution in [2.24, 2.45) is 0 Å². The monoisotopic (exact) mass is 407 g/mol. The summed E-state index contributed by atoms with van der Waals surface area (Å²) in [5, 5.41) is 3.08. The van der Waals surface area contributed by atoms with Gasteiger partial charge in [-0.05, 0) is 42.3 Å². The van der Waals surface area contributed by atoms with Gasteiger partial charge in [0.2, 0.25) is 0 Å². The van der Waals surface area contributed by atoms with Crippen LogP contribution < -0.4 is 5.32 Å². The number of amides is 1. The zero-order valence-corrected chi connectivity index (χ0v) is 16.5. The molecule has 0 aliphatic carbocycles. The lowest BCUT2D eigenvalue weighted by Gasteiger charge is -2.10. The van der Waals surface area contributed by atoms with Gasteiger partial charge in [-0.3, -0.25) is 4.79 Å². The molecule has 1 fully saturated rings. The number of halogens is 1. The predicted molar refractivity (Wildman–Crippen MR) is 109 cm³/mol. The molecule has 2 aromatic rings. The van der Waals surface area contributed by atoms with E-state index >= 15 is 0 Å². The molecule has 0 aromatic heterocycles. The quantitative estimate of drug-likeness (QED) is 0.712. The highest BCUT2D eigenvalue weighted by Crippen LogP contribution is 2.45. The van der Waals surface area contributed by atoms with E-state index in [-0.39, 0.29) is 6.61 Å². The second kappa shape index (κ2) is 8.84. The first-order chi connectivity index (χ1) is 12.5. The van der Waals surface area contributed by atoms with Crippen molar-refractivity contribution in [3.8, 4) is 0 Å². The van der Waals surface area contributed by atoms with Crippen LogP contribution in [0.15, 0.2) is 42.5 Å². The molecule has 1 aliphatic heterocycles. The Kier molecular flexibility index (Phi) is 6.51. The lowest BCUT2D eigenvalue weighted by molar-refractivity contribution is -0.119. The third kappa shape index (κ3) is 4.96. The molecule has 2 aromatic carbocycles. The number of nitrogens with one attached hydrogen (secondary N) is 1. The van der Waals surface area contributed by atoms with E-state index in [1.54, 1.807) is 24.3 Å². The first-order valence-electron chi connectivity index (χ1n) is 8.09. The van der Waals surface area contributed by atoms with E-state index in [1.165, 1.54) is 5.56 Å². The molecule has 0 atom stereocenters. The maximum atomic E-state index is 12.1. The number of benzene rings is 2. The number of carbonyl (C=O) groups is 2. The van der Waals surface area contributed by atoms with Gasteiger partial charge in [-0.2, -0.15) is 0 Å². The number of carbonyl (C=O) groups excluding carboxylic acids is 2. The molecule has 1 N–H and O–H groups in total. The number of aryl methyl sites for hydroxylation is 1. The fourth-order valence-corrected chi connectivity index (χ4v) is 5.59. The average Bonchev–Trinajstić information content (AvgIpc) is 3.17. The number of hydrogen-bond donors (Lipinski definition) is 1. The van der Waals surface area contributed by atoms with Gasteiger partial charge < -0.3 is 10.1 Å². The van der Waals surface area contributed by atoms with Gasteiger partial charge in [0.15, 0.2) is 6.61 Å². The van der Waals surface area contributed by atoms with Crippen molar-refractivity contribution in [1.29, 1.82) is 0 Å². The summed E-state index contributed by atoms with van der Waals surface area (Å²) in [6, 6.07) is 12.7. The fraction of sp³-hybridized carbons (Fsp3) is 0.263. The molecule has 0 saturated carbocycles. The van der Waals surface area contributed by atoms with Gasteiger partial charge in [0.25, 0.3) is 5.91 Å². The molecule has 1 saturated heterocycles. The SMILES string of the molecule is Cc1ccc(NC(=O)COC(=O)c2ccc(C3SCCS3)cc2)c(Cl)c1. The Morgan fingerprint density at radius 2 is 1.85 bits per heavy atom. The Hall–Kier alpha value is -1.63. The van der Waals surface area contributed by atoms with E-state index < -0.39 is 11.9 Å². The third-order valence-corrected chi connectivity index (χ3v) is 7.19. The first kappa shape index (κ1) is 19.1. The summed E-state index contributed by atoms with van der Waals surface area (Å²) in [4.78, 5) is 24.1. The van der Waals surface area contributed by atoms with E-state index in [1.807, 2.05) is 48.6 Å². The van der Waals surface area contributed by atoms with Crippen molar-refractivity contribution in [2.45, 2.75) is 11.5 Å². The summed E-state index contributed by atoms with van der Waals surface area (Å²) in [7, 11) is 0. The number of hydrogen-bond acceptors (Lipinski definition) is 5. The highest BCUT2D eigenvalue weighted by atomic mass is 35.5. The summed E-state index contributed by atoms with van der Waals surface area (Å²) in [5.41, 5.74) is 3.12.